The third kappa shape index (κ3) is 3.63. The number of nitrogens with two attached hydrogens (primary N) is 1. The van der Waals surface area contributed by atoms with E-state index in [-0.39, 0.29) is 6.04 Å². The van der Waals surface area contributed by atoms with Crippen LogP contribution in [0.4, 0.5) is 0 Å². The summed E-state index contributed by atoms with van der Waals surface area (Å²) < 4.78 is 6.61. The van der Waals surface area contributed by atoms with Crippen LogP contribution in [-0.4, -0.2) is 0 Å². The van der Waals surface area contributed by atoms with Gasteiger partial charge in [0.1, 0.15) is 11.5 Å². The molecule has 0 aliphatic carbocycles. The molecule has 0 fully saturated rings. The Balaban J connectivity index is 2.31. The predicted octanol–water partition coefficient (Wildman–Crippen LogP) is 5.57. The van der Waals surface area contributed by atoms with Crippen LogP contribution in [-0.2, 0) is 0 Å². The van der Waals surface area contributed by atoms with Crippen molar-refractivity contribution in [1.82, 2.24) is 0 Å². The summed E-state index contributed by atoms with van der Waals surface area (Å²) in [4.78, 5) is 0. The monoisotopic (exact) mass is 359 g/mol. The molecule has 5 heteroatoms. The van der Waals surface area contributed by atoms with Gasteiger partial charge in [0.05, 0.1) is 10.0 Å². The molecule has 2 rings (SSSR count). The van der Waals surface area contributed by atoms with Crippen molar-refractivity contribution in [2.75, 3.05) is 0 Å². The molecule has 2 N–H and O–H groups in total. The summed E-state index contributed by atoms with van der Waals surface area (Å²) in [5.74, 6) is 1.09. The van der Waals surface area contributed by atoms with Crippen molar-refractivity contribution in [1.29, 1.82) is 0 Å². The summed E-state index contributed by atoms with van der Waals surface area (Å²) in [5, 5.41) is 1.03. The van der Waals surface area contributed by atoms with E-state index in [2.05, 4.69) is 15.9 Å². The van der Waals surface area contributed by atoms with E-state index in [9.17, 15) is 0 Å². The summed E-state index contributed by atoms with van der Waals surface area (Å²) in [6, 6.07) is 10.8. The number of halogens is 3. The second-order valence-electron chi connectivity index (χ2n) is 4.16. The van der Waals surface area contributed by atoms with E-state index in [1.54, 1.807) is 24.3 Å². The molecule has 0 aliphatic heterocycles. The van der Waals surface area contributed by atoms with Crippen molar-refractivity contribution in [2.45, 2.75) is 13.0 Å². The summed E-state index contributed by atoms with van der Waals surface area (Å²) in [5.41, 5.74) is 6.76. The lowest BCUT2D eigenvalue weighted by Gasteiger charge is -2.12. The van der Waals surface area contributed by atoms with Crippen molar-refractivity contribution >= 4 is 39.1 Å². The van der Waals surface area contributed by atoms with Gasteiger partial charge in [0.15, 0.2) is 0 Å². The highest BCUT2D eigenvalue weighted by atomic mass is 79.9. The van der Waals surface area contributed by atoms with Crippen LogP contribution in [0.1, 0.15) is 18.5 Å². The molecule has 1 atom stereocenters. The summed E-state index contributed by atoms with van der Waals surface area (Å²) in [6.45, 7) is 1.90. The fourth-order valence-corrected chi connectivity index (χ4v) is 2.28. The molecule has 2 nitrogen and oxygen atoms in total. The Morgan fingerprint density at radius 2 is 1.79 bits per heavy atom. The number of rotatable bonds is 3. The minimum atomic E-state index is -0.0685. The minimum absolute atomic E-state index is 0.0685. The topological polar surface area (TPSA) is 35.2 Å². The van der Waals surface area contributed by atoms with Crippen LogP contribution >= 0.6 is 39.1 Å². The minimum Gasteiger partial charge on any atom is -0.454 e. The van der Waals surface area contributed by atoms with Gasteiger partial charge in [-0.1, -0.05) is 45.2 Å². The largest absolute Gasteiger partial charge is 0.454 e. The van der Waals surface area contributed by atoms with Crippen molar-refractivity contribution < 1.29 is 4.74 Å². The number of hydrogen-bond acceptors (Lipinski definition) is 2. The summed E-state index contributed by atoms with van der Waals surface area (Å²) in [7, 11) is 0. The molecule has 0 spiro atoms. The van der Waals surface area contributed by atoms with Gasteiger partial charge >= 0.3 is 0 Å². The first-order valence-corrected chi connectivity index (χ1v) is 7.20. The van der Waals surface area contributed by atoms with Gasteiger partial charge in [-0.25, -0.2) is 0 Å². The van der Waals surface area contributed by atoms with Gasteiger partial charge in [-0.15, -0.1) is 0 Å². The normalized spacial score (nSPS) is 12.3. The molecule has 100 valence electrons. The SMILES string of the molecule is C[C@H](N)c1ccc(Oc2cc(Br)ccc2Cl)c(Cl)c1. The molecule has 0 amide bonds. The number of hydrogen-bond donors (Lipinski definition) is 1. The quantitative estimate of drug-likeness (QED) is 0.776. The maximum atomic E-state index is 6.18. The molecule has 2 aromatic carbocycles. The highest BCUT2D eigenvalue weighted by molar-refractivity contribution is 9.10. The number of ether oxygens (including phenoxy) is 1. The Morgan fingerprint density at radius 1 is 1.05 bits per heavy atom. The van der Waals surface area contributed by atoms with Crippen molar-refractivity contribution in [2.24, 2.45) is 5.73 Å². The molecule has 0 saturated carbocycles. The third-order valence-electron chi connectivity index (χ3n) is 2.59. The van der Waals surface area contributed by atoms with Crippen LogP contribution in [0.25, 0.3) is 0 Å². The van der Waals surface area contributed by atoms with Crippen LogP contribution in [0.2, 0.25) is 10.0 Å². The Morgan fingerprint density at radius 3 is 2.42 bits per heavy atom. The van der Waals surface area contributed by atoms with E-state index in [0.717, 1.165) is 10.0 Å². The van der Waals surface area contributed by atoms with Gasteiger partial charge in [0, 0.05) is 10.5 Å². The Hall–Kier alpha value is -0.740. The second kappa shape index (κ2) is 6.14. The molecule has 0 unspecified atom stereocenters. The van der Waals surface area contributed by atoms with E-state index in [0.29, 0.717) is 21.5 Å². The van der Waals surface area contributed by atoms with Crippen LogP contribution < -0.4 is 10.5 Å². The zero-order valence-corrected chi connectivity index (χ0v) is 13.3. The van der Waals surface area contributed by atoms with Crippen LogP contribution in [0.3, 0.4) is 0 Å². The van der Waals surface area contributed by atoms with Crippen molar-refractivity contribution in [3.05, 3.63) is 56.5 Å². The zero-order valence-electron chi connectivity index (χ0n) is 10.2. The molecule has 0 saturated heterocycles. The van der Waals surface area contributed by atoms with E-state index in [4.69, 9.17) is 33.7 Å². The zero-order chi connectivity index (χ0) is 14.0. The van der Waals surface area contributed by atoms with Gasteiger partial charge in [0.2, 0.25) is 0 Å². The smallest absolute Gasteiger partial charge is 0.147 e. The lowest BCUT2D eigenvalue weighted by molar-refractivity contribution is 0.482. The Kier molecular flexibility index (Phi) is 4.74. The third-order valence-corrected chi connectivity index (χ3v) is 3.70. The van der Waals surface area contributed by atoms with Gasteiger partial charge in [0.25, 0.3) is 0 Å². The first kappa shape index (κ1) is 14.7. The van der Waals surface area contributed by atoms with Gasteiger partial charge < -0.3 is 10.5 Å². The molecule has 2 aromatic rings. The van der Waals surface area contributed by atoms with Crippen LogP contribution in [0.5, 0.6) is 11.5 Å². The van der Waals surface area contributed by atoms with Crippen LogP contribution in [0, 0.1) is 0 Å². The van der Waals surface area contributed by atoms with Gasteiger partial charge in [-0.3, -0.25) is 0 Å². The number of benzene rings is 2. The average molecular weight is 361 g/mol. The molecule has 19 heavy (non-hydrogen) atoms. The molecular formula is C14H12BrCl2NO. The first-order chi connectivity index (χ1) is 8.97. The van der Waals surface area contributed by atoms with Gasteiger partial charge in [-0.05, 0) is 42.8 Å². The molecule has 0 aliphatic rings. The van der Waals surface area contributed by atoms with E-state index in [1.165, 1.54) is 0 Å². The maximum absolute atomic E-state index is 6.18. The molecule has 0 bridgehead atoms. The lowest BCUT2D eigenvalue weighted by atomic mass is 10.1. The highest BCUT2D eigenvalue weighted by Gasteiger charge is 2.09. The predicted molar refractivity (Wildman–Crippen MR) is 83.3 cm³/mol. The first-order valence-electron chi connectivity index (χ1n) is 5.65. The average Bonchev–Trinajstić information content (AvgIpc) is 2.36. The standard InChI is InChI=1S/C14H12BrCl2NO/c1-8(18)9-2-5-13(12(17)6-9)19-14-7-10(15)3-4-11(14)16/h2-8H,18H2,1H3/t8-/m0/s1. The van der Waals surface area contributed by atoms with E-state index >= 15 is 0 Å². The van der Waals surface area contributed by atoms with Gasteiger partial charge in [-0.2, -0.15) is 0 Å². The van der Waals surface area contributed by atoms with Crippen molar-refractivity contribution in [3.63, 3.8) is 0 Å². The van der Waals surface area contributed by atoms with Crippen molar-refractivity contribution in [3.8, 4) is 11.5 Å². The molecule has 0 aromatic heterocycles. The molecule has 0 heterocycles. The van der Waals surface area contributed by atoms with E-state index in [1.807, 2.05) is 19.1 Å². The van der Waals surface area contributed by atoms with E-state index < -0.39 is 0 Å². The Labute approximate surface area is 130 Å². The second-order valence-corrected chi connectivity index (χ2v) is 5.89. The summed E-state index contributed by atoms with van der Waals surface area (Å²) in [6.07, 6.45) is 0. The molecular weight excluding hydrogens is 349 g/mol. The maximum Gasteiger partial charge on any atom is 0.147 e. The summed E-state index contributed by atoms with van der Waals surface area (Å²) >= 11 is 15.6. The molecule has 0 radical (unpaired) electrons. The fourth-order valence-electron chi connectivity index (χ4n) is 1.56. The lowest BCUT2D eigenvalue weighted by Crippen LogP contribution is -2.04. The fraction of sp³-hybridized carbons (Fsp3) is 0.143. The van der Waals surface area contributed by atoms with Crippen LogP contribution in [0.15, 0.2) is 40.9 Å². The highest BCUT2D eigenvalue weighted by Crippen LogP contribution is 2.36. The Bertz CT molecular complexity index is 602.